The average molecular weight is 392 g/mol. The van der Waals surface area contributed by atoms with Crippen LogP contribution in [-0.2, 0) is 13.0 Å². The molecule has 4 N–H and O–H groups in total. The normalized spacial score (nSPS) is 10.5. The van der Waals surface area contributed by atoms with Crippen molar-refractivity contribution in [3.63, 3.8) is 0 Å². The second kappa shape index (κ2) is 8.85. The first-order valence-corrected chi connectivity index (χ1v) is 9.68. The number of benzene rings is 3. The van der Waals surface area contributed by atoms with Gasteiger partial charge in [-0.25, -0.2) is 0 Å². The van der Waals surface area contributed by atoms with E-state index in [4.69, 9.17) is 17.3 Å². The molecular formula is C24H26ClN3. The second-order valence-electron chi connectivity index (χ2n) is 7.10. The number of hydrogen-bond donors (Lipinski definition) is 3. The maximum Gasteiger partial charge on any atom is 0.0444 e. The molecule has 0 unspecified atom stereocenters. The van der Waals surface area contributed by atoms with E-state index in [1.165, 1.54) is 11.1 Å². The van der Waals surface area contributed by atoms with Crippen molar-refractivity contribution in [2.45, 2.75) is 26.8 Å². The van der Waals surface area contributed by atoms with Crippen molar-refractivity contribution in [1.82, 2.24) is 0 Å². The Bertz CT molecular complexity index is 995. The van der Waals surface area contributed by atoms with E-state index in [0.717, 1.165) is 45.3 Å². The van der Waals surface area contributed by atoms with E-state index in [1.54, 1.807) is 0 Å². The van der Waals surface area contributed by atoms with Crippen LogP contribution >= 0.6 is 11.6 Å². The van der Waals surface area contributed by atoms with Crippen LogP contribution in [-0.4, -0.2) is 0 Å². The molecule has 28 heavy (non-hydrogen) atoms. The van der Waals surface area contributed by atoms with E-state index < -0.39 is 0 Å². The molecule has 3 nitrogen and oxygen atoms in total. The highest BCUT2D eigenvalue weighted by Crippen LogP contribution is 2.26. The van der Waals surface area contributed by atoms with Gasteiger partial charge in [-0.15, -0.1) is 0 Å². The summed E-state index contributed by atoms with van der Waals surface area (Å²) in [4.78, 5) is 0. The van der Waals surface area contributed by atoms with Gasteiger partial charge in [-0.1, -0.05) is 48.5 Å². The molecule has 3 aromatic rings. The van der Waals surface area contributed by atoms with Crippen molar-refractivity contribution in [1.29, 1.82) is 0 Å². The van der Waals surface area contributed by atoms with Gasteiger partial charge in [-0.05, 0) is 66.4 Å². The number of rotatable bonds is 7. The smallest absolute Gasteiger partial charge is 0.0444 e. The third kappa shape index (κ3) is 5.08. The van der Waals surface area contributed by atoms with E-state index in [0.29, 0.717) is 6.54 Å². The molecule has 0 saturated heterocycles. The zero-order chi connectivity index (χ0) is 20.1. The molecule has 144 valence electrons. The minimum Gasteiger partial charge on any atom is -0.399 e. The number of nitrogens with one attached hydrogen (secondary N) is 2. The highest BCUT2D eigenvalue weighted by molar-refractivity contribution is 6.31. The molecule has 0 aliphatic heterocycles. The van der Waals surface area contributed by atoms with Crippen LogP contribution in [0.4, 0.5) is 17.1 Å². The Labute approximate surface area is 172 Å². The number of anilines is 3. The van der Waals surface area contributed by atoms with Crippen LogP contribution in [0.5, 0.6) is 0 Å². The lowest BCUT2D eigenvalue weighted by Gasteiger charge is -2.16. The minimum absolute atomic E-state index is 0.652. The van der Waals surface area contributed by atoms with Crippen LogP contribution in [0.15, 0.2) is 72.9 Å². The summed E-state index contributed by atoms with van der Waals surface area (Å²) < 4.78 is 0. The Morgan fingerprint density at radius 2 is 1.75 bits per heavy atom. The Hall–Kier alpha value is -2.91. The van der Waals surface area contributed by atoms with E-state index in [-0.39, 0.29) is 0 Å². The Morgan fingerprint density at radius 3 is 2.50 bits per heavy atom. The molecular weight excluding hydrogens is 366 g/mol. The van der Waals surface area contributed by atoms with Crippen molar-refractivity contribution in [2.24, 2.45) is 0 Å². The molecule has 0 fully saturated rings. The lowest BCUT2D eigenvalue weighted by Crippen LogP contribution is -2.07. The summed E-state index contributed by atoms with van der Waals surface area (Å²) in [6.45, 7) is 8.57. The zero-order valence-corrected chi connectivity index (χ0v) is 17.1. The first kappa shape index (κ1) is 19.8. The fourth-order valence-electron chi connectivity index (χ4n) is 3.15. The lowest BCUT2D eigenvalue weighted by molar-refractivity contribution is 1.11. The molecule has 0 aliphatic carbocycles. The van der Waals surface area contributed by atoms with Gasteiger partial charge >= 0.3 is 0 Å². The number of halogens is 1. The standard InChI is InChI=1S/C24H26ClN3/c1-16(2)28-24-11-10-21(26)14-20(24)15-27-23-7-5-4-6-19(23)13-18-9-8-17(3)12-22(18)25/h4-12,14,27-28H,1,13,15,26H2,2-3H3. The fourth-order valence-corrected chi connectivity index (χ4v) is 3.45. The molecule has 0 amide bonds. The topological polar surface area (TPSA) is 50.1 Å². The largest absolute Gasteiger partial charge is 0.399 e. The van der Waals surface area contributed by atoms with Crippen molar-refractivity contribution >= 4 is 28.7 Å². The number of hydrogen-bond acceptors (Lipinski definition) is 3. The van der Waals surface area contributed by atoms with Gasteiger partial charge in [0.1, 0.15) is 0 Å². The first-order valence-electron chi connectivity index (χ1n) is 9.30. The highest BCUT2D eigenvalue weighted by atomic mass is 35.5. The lowest BCUT2D eigenvalue weighted by atomic mass is 10.0. The molecule has 0 aromatic heterocycles. The molecule has 4 heteroatoms. The van der Waals surface area contributed by atoms with E-state index in [9.17, 15) is 0 Å². The zero-order valence-electron chi connectivity index (χ0n) is 16.4. The van der Waals surface area contributed by atoms with Gasteiger partial charge in [0.2, 0.25) is 0 Å². The quantitative estimate of drug-likeness (QED) is 0.409. The predicted octanol–water partition coefficient (Wildman–Crippen LogP) is 6.38. The van der Waals surface area contributed by atoms with Crippen LogP contribution in [0, 0.1) is 6.92 Å². The monoisotopic (exact) mass is 391 g/mol. The Morgan fingerprint density at radius 1 is 0.964 bits per heavy atom. The maximum atomic E-state index is 6.44. The second-order valence-corrected chi connectivity index (χ2v) is 7.51. The van der Waals surface area contributed by atoms with Gasteiger partial charge in [-0.3, -0.25) is 0 Å². The number of para-hydroxylation sites is 1. The minimum atomic E-state index is 0.652. The molecule has 0 heterocycles. The number of nitrogens with two attached hydrogens (primary N) is 1. The Balaban J connectivity index is 1.81. The van der Waals surface area contributed by atoms with Crippen LogP contribution in [0.25, 0.3) is 0 Å². The van der Waals surface area contributed by atoms with Crippen LogP contribution < -0.4 is 16.4 Å². The van der Waals surface area contributed by atoms with Gasteiger partial charge in [0.15, 0.2) is 0 Å². The van der Waals surface area contributed by atoms with E-state index >= 15 is 0 Å². The maximum absolute atomic E-state index is 6.44. The third-order valence-corrected chi connectivity index (χ3v) is 4.91. The summed E-state index contributed by atoms with van der Waals surface area (Å²) in [7, 11) is 0. The number of nitrogen functional groups attached to an aromatic ring is 1. The molecule has 0 radical (unpaired) electrons. The summed E-state index contributed by atoms with van der Waals surface area (Å²) in [5, 5.41) is 7.65. The SMILES string of the molecule is C=C(C)Nc1ccc(N)cc1CNc1ccccc1Cc1ccc(C)cc1Cl. The van der Waals surface area contributed by atoms with Crippen LogP contribution in [0.3, 0.4) is 0 Å². The molecule has 0 atom stereocenters. The predicted molar refractivity (Wildman–Crippen MR) is 122 cm³/mol. The molecule has 3 aromatic carbocycles. The third-order valence-electron chi connectivity index (χ3n) is 4.55. The van der Waals surface area contributed by atoms with Crippen molar-refractivity contribution in [3.8, 4) is 0 Å². The summed E-state index contributed by atoms with van der Waals surface area (Å²) in [6, 6.07) is 20.4. The molecule has 0 bridgehead atoms. The van der Waals surface area contributed by atoms with E-state index in [2.05, 4.69) is 47.5 Å². The number of aryl methyl sites for hydroxylation is 1. The van der Waals surface area contributed by atoms with Gasteiger partial charge in [0.25, 0.3) is 0 Å². The van der Waals surface area contributed by atoms with Crippen molar-refractivity contribution in [2.75, 3.05) is 16.4 Å². The van der Waals surface area contributed by atoms with Gasteiger partial charge in [0.05, 0.1) is 0 Å². The van der Waals surface area contributed by atoms with Gasteiger partial charge in [0, 0.05) is 40.7 Å². The van der Waals surface area contributed by atoms with E-state index in [1.807, 2.05) is 44.2 Å². The Kier molecular flexibility index (Phi) is 6.27. The average Bonchev–Trinajstić information content (AvgIpc) is 2.65. The fraction of sp³-hybridized carbons (Fsp3) is 0.167. The van der Waals surface area contributed by atoms with Gasteiger partial charge in [-0.2, -0.15) is 0 Å². The van der Waals surface area contributed by atoms with Crippen LogP contribution in [0.1, 0.15) is 29.2 Å². The van der Waals surface area contributed by atoms with Gasteiger partial charge < -0.3 is 16.4 Å². The summed E-state index contributed by atoms with van der Waals surface area (Å²) in [5.41, 5.74) is 14.3. The van der Waals surface area contributed by atoms with Crippen LogP contribution in [0.2, 0.25) is 5.02 Å². The summed E-state index contributed by atoms with van der Waals surface area (Å²) >= 11 is 6.44. The van der Waals surface area contributed by atoms with Crippen molar-refractivity contribution < 1.29 is 0 Å². The molecule has 0 spiro atoms. The van der Waals surface area contributed by atoms with Crippen molar-refractivity contribution in [3.05, 3.63) is 100 Å². The molecule has 0 aliphatic rings. The first-order chi connectivity index (χ1) is 13.4. The summed E-state index contributed by atoms with van der Waals surface area (Å²) in [5.74, 6) is 0. The number of allylic oxidation sites excluding steroid dienone is 1. The summed E-state index contributed by atoms with van der Waals surface area (Å²) in [6.07, 6.45) is 0.774. The highest BCUT2D eigenvalue weighted by Gasteiger charge is 2.08. The molecule has 0 saturated carbocycles. The molecule has 3 rings (SSSR count).